The maximum absolute atomic E-state index is 13.6. The molecule has 0 aliphatic carbocycles. The van der Waals surface area contributed by atoms with Crippen molar-refractivity contribution in [1.82, 2.24) is 14.5 Å². The van der Waals surface area contributed by atoms with Gasteiger partial charge in [0.2, 0.25) is 5.91 Å². The van der Waals surface area contributed by atoms with E-state index in [1.165, 1.54) is 16.7 Å². The molecule has 35 heavy (non-hydrogen) atoms. The summed E-state index contributed by atoms with van der Waals surface area (Å²) in [5, 5.41) is 0.417. The fourth-order valence-electron chi connectivity index (χ4n) is 4.64. The van der Waals surface area contributed by atoms with Crippen LogP contribution < -0.4 is 5.56 Å². The molecule has 2 heterocycles. The van der Waals surface area contributed by atoms with Crippen LogP contribution >= 0.6 is 0 Å². The molecule has 5 rings (SSSR count). The highest BCUT2D eigenvalue weighted by molar-refractivity contribution is 5.84. The second kappa shape index (κ2) is 8.69. The first-order valence-corrected chi connectivity index (χ1v) is 11.3. The van der Waals surface area contributed by atoms with Gasteiger partial charge in [0.05, 0.1) is 22.5 Å². The lowest BCUT2D eigenvalue weighted by Gasteiger charge is -2.40. The standard InChI is InChI=1S/C27H22F3N3O2/c1-17-25(34)32(16-19-7-3-2-4-8-19)23(15-18-11-13-20(14-12-18)27(28,29)30)24-31-22-10-6-5-9-21(22)26(35)33(17)24/h2-14,17,23H,15-16H2,1H3/t17-,23+/m0/s1. The number of para-hydroxylation sites is 1. The Balaban J connectivity index is 1.64. The predicted molar refractivity (Wildman–Crippen MR) is 126 cm³/mol. The third kappa shape index (κ3) is 4.20. The van der Waals surface area contributed by atoms with Gasteiger partial charge in [-0.2, -0.15) is 13.2 Å². The minimum atomic E-state index is -4.44. The van der Waals surface area contributed by atoms with Crippen LogP contribution in [-0.2, 0) is 23.9 Å². The Bertz CT molecular complexity index is 1450. The number of nitrogens with zero attached hydrogens (tertiary/aromatic N) is 3. The summed E-state index contributed by atoms with van der Waals surface area (Å²) in [6, 6.07) is 19.9. The van der Waals surface area contributed by atoms with Crippen molar-refractivity contribution in [3.8, 4) is 0 Å². The zero-order chi connectivity index (χ0) is 24.7. The molecule has 3 aromatic carbocycles. The van der Waals surface area contributed by atoms with Crippen molar-refractivity contribution in [1.29, 1.82) is 0 Å². The summed E-state index contributed by atoms with van der Waals surface area (Å²) in [6.45, 7) is 1.97. The number of carbonyl (C=O) groups is 1. The van der Waals surface area contributed by atoms with Crippen LogP contribution in [0.25, 0.3) is 10.9 Å². The molecule has 4 aromatic rings. The number of benzene rings is 3. The van der Waals surface area contributed by atoms with Gasteiger partial charge >= 0.3 is 6.18 Å². The number of alkyl halides is 3. The number of amides is 1. The number of halogens is 3. The second-order valence-corrected chi connectivity index (χ2v) is 8.70. The molecule has 1 aromatic heterocycles. The van der Waals surface area contributed by atoms with Crippen molar-refractivity contribution in [3.05, 3.63) is 112 Å². The number of fused-ring (bicyclic) bond motifs is 2. The average molecular weight is 477 g/mol. The highest BCUT2D eigenvalue weighted by atomic mass is 19.4. The Hall–Kier alpha value is -3.94. The van der Waals surface area contributed by atoms with E-state index in [1.54, 1.807) is 36.1 Å². The first kappa shape index (κ1) is 22.8. The van der Waals surface area contributed by atoms with Crippen molar-refractivity contribution < 1.29 is 18.0 Å². The van der Waals surface area contributed by atoms with Crippen LogP contribution in [-0.4, -0.2) is 20.4 Å². The summed E-state index contributed by atoms with van der Waals surface area (Å²) in [4.78, 5) is 33.4. The topological polar surface area (TPSA) is 55.2 Å². The molecule has 0 radical (unpaired) electrons. The Morgan fingerprint density at radius 1 is 0.857 bits per heavy atom. The molecular weight excluding hydrogens is 455 g/mol. The normalized spacial score (nSPS) is 18.1. The molecule has 1 aliphatic heterocycles. The third-order valence-electron chi connectivity index (χ3n) is 6.44. The monoisotopic (exact) mass is 477 g/mol. The Kier molecular flexibility index (Phi) is 5.67. The summed E-state index contributed by atoms with van der Waals surface area (Å²) < 4.78 is 40.6. The van der Waals surface area contributed by atoms with Gasteiger partial charge in [-0.15, -0.1) is 0 Å². The second-order valence-electron chi connectivity index (χ2n) is 8.70. The van der Waals surface area contributed by atoms with Gasteiger partial charge in [0.15, 0.2) is 0 Å². The lowest BCUT2D eigenvalue weighted by atomic mass is 9.97. The molecule has 0 saturated carbocycles. The molecule has 178 valence electrons. The summed E-state index contributed by atoms with van der Waals surface area (Å²) in [7, 11) is 0. The lowest BCUT2D eigenvalue weighted by Crippen LogP contribution is -2.49. The average Bonchev–Trinajstić information content (AvgIpc) is 2.85. The largest absolute Gasteiger partial charge is 0.416 e. The SMILES string of the molecule is C[C@H]1C(=O)N(Cc2ccccc2)[C@H](Cc2ccc(C(F)(F)F)cc2)c2nc3ccccc3c(=O)n21. The quantitative estimate of drug-likeness (QED) is 0.401. The van der Waals surface area contributed by atoms with Crippen LogP contribution in [0.4, 0.5) is 13.2 Å². The van der Waals surface area contributed by atoms with E-state index in [-0.39, 0.29) is 24.4 Å². The summed E-state index contributed by atoms with van der Waals surface area (Å²) in [5.74, 6) is 0.189. The van der Waals surface area contributed by atoms with E-state index in [0.29, 0.717) is 22.3 Å². The number of hydrogen-bond donors (Lipinski definition) is 0. The van der Waals surface area contributed by atoms with Gasteiger partial charge in [-0.05, 0) is 42.3 Å². The van der Waals surface area contributed by atoms with Crippen molar-refractivity contribution in [2.75, 3.05) is 0 Å². The van der Waals surface area contributed by atoms with Gasteiger partial charge in [-0.25, -0.2) is 4.98 Å². The van der Waals surface area contributed by atoms with Gasteiger partial charge in [-0.3, -0.25) is 14.2 Å². The van der Waals surface area contributed by atoms with Gasteiger partial charge in [0.1, 0.15) is 11.9 Å². The minimum Gasteiger partial charge on any atom is -0.326 e. The Morgan fingerprint density at radius 3 is 2.20 bits per heavy atom. The van der Waals surface area contributed by atoms with E-state index < -0.39 is 23.8 Å². The molecule has 0 bridgehead atoms. The minimum absolute atomic E-state index is 0.216. The molecule has 5 nitrogen and oxygen atoms in total. The van der Waals surface area contributed by atoms with Crippen LogP contribution in [0, 0.1) is 0 Å². The number of aromatic nitrogens is 2. The van der Waals surface area contributed by atoms with Gasteiger partial charge in [-0.1, -0.05) is 54.6 Å². The van der Waals surface area contributed by atoms with E-state index in [9.17, 15) is 22.8 Å². The molecular formula is C27H22F3N3O2. The molecule has 0 spiro atoms. The van der Waals surface area contributed by atoms with Crippen molar-refractivity contribution in [2.24, 2.45) is 0 Å². The summed E-state index contributed by atoms with van der Waals surface area (Å²) in [5.41, 5.74) is 0.988. The van der Waals surface area contributed by atoms with E-state index in [4.69, 9.17) is 4.98 Å². The van der Waals surface area contributed by atoms with Crippen molar-refractivity contribution >= 4 is 16.8 Å². The molecule has 2 atom stereocenters. The smallest absolute Gasteiger partial charge is 0.326 e. The van der Waals surface area contributed by atoms with Crippen LogP contribution in [0.2, 0.25) is 0 Å². The maximum atomic E-state index is 13.6. The van der Waals surface area contributed by atoms with Crippen LogP contribution in [0.3, 0.4) is 0 Å². The predicted octanol–water partition coefficient (Wildman–Crippen LogP) is 5.30. The Morgan fingerprint density at radius 2 is 1.51 bits per heavy atom. The fraction of sp³-hybridized carbons (Fsp3) is 0.222. The highest BCUT2D eigenvalue weighted by Gasteiger charge is 2.39. The molecule has 0 fully saturated rings. The summed E-state index contributed by atoms with van der Waals surface area (Å²) in [6.07, 6.45) is -4.22. The molecule has 1 amide bonds. The molecule has 0 saturated heterocycles. The van der Waals surface area contributed by atoms with Crippen LogP contribution in [0.1, 0.15) is 41.5 Å². The van der Waals surface area contributed by atoms with E-state index in [0.717, 1.165) is 17.7 Å². The first-order valence-electron chi connectivity index (χ1n) is 11.3. The zero-order valence-corrected chi connectivity index (χ0v) is 18.9. The molecule has 0 unspecified atom stereocenters. The van der Waals surface area contributed by atoms with Crippen LogP contribution in [0.5, 0.6) is 0 Å². The number of rotatable bonds is 4. The van der Waals surface area contributed by atoms with Gasteiger partial charge in [0, 0.05) is 13.0 Å². The highest BCUT2D eigenvalue weighted by Crippen LogP contribution is 2.35. The Labute approximate surface area is 199 Å². The number of carbonyl (C=O) groups excluding carboxylic acids is 1. The van der Waals surface area contributed by atoms with Crippen LogP contribution in [0.15, 0.2) is 83.7 Å². The first-order chi connectivity index (χ1) is 16.7. The third-order valence-corrected chi connectivity index (χ3v) is 6.44. The van der Waals surface area contributed by atoms with E-state index in [2.05, 4.69) is 0 Å². The van der Waals surface area contributed by atoms with Gasteiger partial charge < -0.3 is 4.90 Å². The maximum Gasteiger partial charge on any atom is 0.416 e. The molecule has 1 aliphatic rings. The van der Waals surface area contributed by atoms with Gasteiger partial charge in [0.25, 0.3) is 5.56 Å². The summed E-state index contributed by atoms with van der Waals surface area (Å²) >= 11 is 0. The fourth-order valence-corrected chi connectivity index (χ4v) is 4.64. The molecule has 8 heteroatoms. The van der Waals surface area contributed by atoms with Crippen molar-refractivity contribution in [2.45, 2.75) is 38.1 Å². The molecule has 0 N–H and O–H groups in total. The lowest BCUT2D eigenvalue weighted by molar-refractivity contribution is -0.140. The zero-order valence-electron chi connectivity index (χ0n) is 18.9. The van der Waals surface area contributed by atoms with E-state index >= 15 is 0 Å². The van der Waals surface area contributed by atoms with Crippen molar-refractivity contribution in [3.63, 3.8) is 0 Å². The van der Waals surface area contributed by atoms with E-state index in [1.807, 2.05) is 30.3 Å². The number of hydrogen-bond acceptors (Lipinski definition) is 3.